The van der Waals surface area contributed by atoms with Gasteiger partial charge in [-0.2, -0.15) is 0 Å². The van der Waals surface area contributed by atoms with Gasteiger partial charge in [0, 0.05) is 129 Å². The Bertz CT molecular complexity index is 5910. The van der Waals surface area contributed by atoms with Crippen LogP contribution >= 0.6 is 72.9 Å². The molecule has 2 aromatic carbocycles. The van der Waals surface area contributed by atoms with E-state index in [4.69, 9.17) is 94.7 Å². The van der Waals surface area contributed by atoms with Crippen LogP contribution in [0.2, 0.25) is 0 Å². The largest absolute Gasteiger partial charge is 1.00 e. The maximum atomic E-state index is 12.2. The van der Waals surface area contributed by atoms with Crippen LogP contribution in [-0.2, 0) is 116 Å². The molecule has 10 aromatic rings. The van der Waals surface area contributed by atoms with Crippen LogP contribution in [0.25, 0.3) is 36.7 Å². The zero-order valence-corrected chi connectivity index (χ0v) is 86.9. The first-order valence-electron chi connectivity index (χ1n) is 45.8. The Kier molecular flexibility index (Phi) is 52.3. The summed E-state index contributed by atoms with van der Waals surface area (Å²) in [6, 6.07) is 15.6. The van der Waals surface area contributed by atoms with E-state index in [1.807, 2.05) is 55.5 Å². The average molecular weight is 1890 g/mol. The summed E-state index contributed by atoms with van der Waals surface area (Å²) in [5, 5.41) is 27.8. The van der Waals surface area contributed by atoms with Crippen LogP contribution in [0, 0.1) is 43.1 Å². The molecule has 20 nitrogen and oxygen atoms in total. The smallest absolute Gasteiger partial charge is 1.00 e. The van der Waals surface area contributed by atoms with Gasteiger partial charge < -0.3 is 59.4 Å². The Hall–Kier alpha value is -6.85. The van der Waals surface area contributed by atoms with Crippen LogP contribution in [0.15, 0.2) is 109 Å². The number of carbonyl (C=O) groups is 2. The molecule has 6 radical (unpaired) electrons. The number of aromatic amines is 1. The number of aliphatic hydroxyl groups is 3. The number of pyridine rings is 6. The summed E-state index contributed by atoms with van der Waals surface area (Å²) >= 11 is 28.7. The Morgan fingerprint density at radius 1 is 0.477 bits per heavy atom. The van der Waals surface area contributed by atoms with Crippen molar-refractivity contribution in [3.63, 3.8) is 0 Å². The summed E-state index contributed by atoms with van der Waals surface area (Å²) in [6.07, 6.45) is 48.7. The number of Topliss-reactive ketones (excluding diaryl/α,β-unsaturated/α-hetero) is 1. The molecule has 682 valence electrons. The number of para-hydroxylation sites is 4. The van der Waals surface area contributed by atoms with E-state index in [0.29, 0.717) is 41.9 Å². The van der Waals surface area contributed by atoms with Crippen molar-refractivity contribution in [3.05, 3.63) is 248 Å². The van der Waals surface area contributed by atoms with Gasteiger partial charge in [0.15, 0.2) is 23.2 Å². The molecule has 0 saturated carbocycles. The molecule has 1 unspecified atom stereocenters. The van der Waals surface area contributed by atoms with Crippen LogP contribution in [0.5, 0.6) is 0 Å². The number of ketones is 1. The summed E-state index contributed by atoms with van der Waals surface area (Å²) in [6.45, 7) is 41.7. The van der Waals surface area contributed by atoms with E-state index in [1.165, 1.54) is 132 Å². The molecule has 0 bridgehead atoms. The first-order valence-corrected chi connectivity index (χ1v) is 48.8. The molecular formula is C100H129B2N11Na2O9S6. The van der Waals surface area contributed by atoms with Crippen LogP contribution in [0.1, 0.15) is 305 Å². The number of thioether (sulfide) groups is 1. The number of aliphatic hydroxyl groups excluding tert-OH is 3. The number of aldehydes is 1. The van der Waals surface area contributed by atoms with Gasteiger partial charge in [0.05, 0.1) is 43.5 Å². The van der Waals surface area contributed by atoms with E-state index in [-0.39, 0.29) is 120 Å². The maximum absolute atomic E-state index is 12.2. The minimum atomic E-state index is -0.525. The van der Waals surface area contributed by atoms with Gasteiger partial charge in [0.25, 0.3) is 32.6 Å². The van der Waals surface area contributed by atoms with Gasteiger partial charge >= 0.3 is 59.1 Å². The van der Waals surface area contributed by atoms with Crippen molar-refractivity contribution in [2.75, 3.05) is 6.61 Å². The number of hydrogen-bond donors (Lipinski definition) is 4. The van der Waals surface area contributed by atoms with Crippen molar-refractivity contribution >= 4 is 141 Å². The molecule has 6 aliphatic rings. The van der Waals surface area contributed by atoms with Crippen molar-refractivity contribution in [1.82, 2.24) is 37.4 Å². The van der Waals surface area contributed by atoms with Crippen LogP contribution in [-0.4, -0.2) is 88.2 Å². The third-order valence-corrected chi connectivity index (χ3v) is 26.7. The normalized spacial score (nSPS) is 13.8. The van der Waals surface area contributed by atoms with E-state index in [9.17, 15) is 29.4 Å². The summed E-state index contributed by atoms with van der Waals surface area (Å²) < 4.78 is 26.1. The zero-order valence-electron chi connectivity index (χ0n) is 80.0. The first-order chi connectivity index (χ1) is 61.2. The molecule has 8 aromatic heterocycles. The van der Waals surface area contributed by atoms with Gasteiger partial charge in [-0.3, -0.25) is 19.2 Å². The number of unbranched alkanes of at least 4 members (excludes halogenated alkanes) is 6. The fraction of sp³-hybridized carbons (Fsp3) is 0.510. The molecule has 0 aliphatic heterocycles. The van der Waals surface area contributed by atoms with Crippen LogP contribution in [0.3, 0.4) is 0 Å². The van der Waals surface area contributed by atoms with E-state index in [1.54, 1.807) is 35.6 Å². The summed E-state index contributed by atoms with van der Waals surface area (Å²) in [7, 11) is 0. The Morgan fingerprint density at radius 2 is 0.885 bits per heavy atom. The van der Waals surface area contributed by atoms with Gasteiger partial charge in [-0.05, 0) is 272 Å². The fourth-order valence-electron chi connectivity index (χ4n) is 17.0. The summed E-state index contributed by atoms with van der Waals surface area (Å²) in [5.41, 5.74) is 20.9. The van der Waals surface area contributed by atoms with Gasteiger partial charge in [-0.25, -0.2) is 19.5 Å². The number of rotatable bonds is 23. The number of aromatic nitrogens is 8. The number of carbonyl (C=O) groups excluding carboxylic acids is 2. The molecule has 8 heterocycles. The average Bonchev–Trinajstić information content (AvgIpc) is 1.18. The maximum Gasteiger partial charge on any atom is 1.00 e. The second-order valence-corrected chi connectivity index (χ2v) is 35.7. The SMILES string of the molecule is CCCCn1cc2c(c(C=O)c1=S)CCCC2.CCCCn1cc2c(c(CO)c1=S)CCCC2.CCCCn1cc2c(c(CSc3nc4ccccc4o3)c1=S)CCCC2.CCO.S=c1[nH]c2ccccc2o1.[B].[B].[C-]#[N+]c1c2c(cn(CCCC)c1=O)C(=O)CCC2.[C-]#[N+]c1c2c(cn(CCCC)c1=O)C(O)CCC2.[C-]#[N+]c1c2c(cn(CCCC)c1=S)CCCC2.[H-].[H-].[Na+].[Na+]. The Morgan fingerprint density at radius 3 is 1.38 bits per heavy atom. The third-order valence-electron chi connectivity index (χ3n) is 23.8. The Balaban J connectivity index is 0.000000396. The predicted molar refractivity (Wildman–Crippen MR) is 535 cm³/mol. The number of hydrogen-bond acceptors (Lipinski definition) is 16. The molecule has 6 aliphatic carbocycles. The van der Waals surface area contributed by atoms with Gasteiger partial charge in [-0.15, -0.1) is 0 Å². The molecule has 0 fully saturated rings. The summed E-state index contributed by atoms with van der Waals surface area (Å²) in [4.78, 5) is 65.7. The molecule has 0 saturated heterocycles. The number of fused-ring (bicyclic) bond motifs is 8. The fourth-order valence-corrected chi connectivity index (χ4v) is 19.5. The predicted octanol–water partition coefficient (Wildman–Crippen LogP) is 19.1. The topological polar surface area (TPSA) is 227 Å². The van der Waals surface area contributed by atoms with Gasteiger partial charge in [0.2, 0.25) is 5.69 Å². The monoisotopic (exact) mass is 1890 g/mol. The quantitative estimate of drug-likeness (QED) is 0.0153. The molecule has 0 amide bonds. The third kappa shape index (κ3) is 30.8. The number of H-pyrrole nitrogens is 1. The molecule has 30 heteroatoms. The number of nitrogens with zero attached hydrogens (tertiary/aromatic N) is 10. The standard InChI is InChI=1S/C21H24N2OS2.C14H18N2O2.C14H16N2O2.C14H18N2S.C14H21NOS.C14H19NOS.C7H5NOS.C2H6O.2B.2Na.2H/c1-2-3-12-23-13-15-8-4-5-9-16(15)17(20(23)25)14-26-21-22-18-10-6-7-11-19(18)24-21;2*1-3-4-8-16-9-11-10(6-5-7-12(11)17)13(15-2)14(16)18;1-3-4-9-16-10-11-7-5-6-8-12(11)13(15-2)14(16)17;2*1-2-3-8-15-9-11-6-4-5-7-12(11)13(10-16)14(15)17;10-7-8-5-3-1-2-4-6(5)9-7;1-2-3;;;;;;/h6-7,10-11,13H,2-5,8-9,12,14H2,1H3;9,12,17H,3-8H2,1H3;9H,3-8H2,1H3;10H,3-9H2,1H3;9,16H,2-8,10H2,1H3;9-10H,2-8H2,1H3;1-4H,(H,8,10);3H,2H2,1H3;;;;;;/q;;;;;;;;;;2*+1;2*-1. The van der Waals surface area contributed by atoms with E-state index >= 15 is 0 Å². The van der Waals surface area contributed by atoms with Crippen LogP contribution in [0.4, 0.5) is 17.1 Å². The van der Waals surface area contributed by atoms with Crippen LogP contribution < -0.4 is 70.2 Å². The minimum Gasteiger partial charge on any atom is -1.00 e. The molecular weight excluding hydrogens is 1760 g/mol. The van der Waals surface area contributed by atoms with Gasteiger partial charge in [-0.1, -0.05) is 171 Å². The number of oxazole rings is 2. The van der Waals surface area contributed by atoms with Crippen molar-refractivity contribution in [2.45, 2.75) is 330 Å². The first kappa shape index (κ1) is 114. The second kappa shape index (κ2) is 59.8. The summed E-state index contributed by atoms with van der Waals surface area (Å²) in [5.74, 6) is 0.896. The number of aryl methyl sites for hydroxylation is 10. The van der Waals surface area contributed by atoms with Crippen molar-refractivity contribution in [2.24, 2.45) is 0 Å². The van der Waals surface area contributed by atoms with E-state index in [0.717, 1.165) is 241 Å². The molecule has 0 spiro atoms. The molecule has 16 rings (SSSR count). The van der Waals surface area contributed by atoms with Gasteiger partial charge in [0.1, 0.15) is 24.1 Å². The van der Waals surface area contributed by atoms with E-state index in [2.05, 4.69) is 102 Å². The van der Waals surface area contributed by atoms with Crippen molar-refractivity contribution < 1.29 is 95.7 Å². The molecule has 1 atom stereocenters. The number of benzene rings is 2. The molecule has 130 heavy (non-hydrogen) atoms. The second-order valence-electron chi connectivity index (χ2n) is 32.8. The van der Waals surface area contributed by atoms with Crippen molar-refractivity contribution in [3.8, 4) is 0 Å². The Labute approximate surface area is 849 Å². The number of nitrogens with one attached hydrogen (secondary N) is 1. The minimum absolute atomic E-state index is 0. The van der Waals surface area contributed by atoms with E-state index < -0.39 is 6.10 Å². The molecule has 4 N–H and O–H groups in total. The zero-order chi connectivity index (χ0) is 90.6. The van der Waals surface area contributed by atoms with Crippen molar-refractivity contribution in [1.29, 1.82) is 0 Å².